The van der Waals surface area contributed by atoms with Crippen LogP contribution in [0.1, 0.15) is 51.4 Å². The van der Waals surface area contributed by atoms with Crippen molar-refractivity contribution in [3.63, 3.8) is 0 Å². The van der Waals surface area contributed by atoms with Gasteiger partial charge in [0.1, 0.15) is 6.04 Å². The number of amides is 3. The molecule has 3 aliphatic rings. The number of nitrogens with zero attached hydrogens (tertiary/aromatic N) is 3. The largest absolute Gasteiger partial charge is 0.369 e. The summed E-state index contributed by atoms with van der Waals surface area (Å²) in [5.74, 6) is -0.388. The summed E-state index contributed by atoms with van der Waals surface area (Å²) in [5, 5.41) is 12.4. The van der Waals surface area contributed by atoms with Crippen molar-refractivity contribution in [1.82, 2.24) is 15.1 Å². The second kappa shape index (κ2) is 9.37. The molecule has 8 heteroatoms. The Morgan fingerprint density at radius 2 is 1.71 bits per heavy atom. The Balaban J connectivity index is 1.40. The Morgan fingerprint density at radius 1 is 1.00 bits per heavy atom. The summed E-state index contributed by atoms with van der Waals surface area (Å²) in [6.07, 6.45) is 6.58. The summed E-state index contributed by atoms with van der Waals surface area (Å²) in [5.41, 5.74) is 5.41. The zero-order valence-electron chi connectivity index (χ0n) is 16.4. The van der Waals surface area contributed by atoms with E-state index in [2.05, 4.69) is 11.4 Å². The molecule has 2 saturated heterocycles. The van der Waals surface area contributed by atoms with E-state index >= 15 is 0 Å². The standard InChI is InChI=1S/C20H31N5O3/c21-11-17-4-2-10-25(17)18(26)12-23-16-7-5-14(6-8-16)20(28)24-9-1-3-15(13-24)19(22)27/h14-17,23H,1-10,12-13H2,(H2,22,27)/t14?,15-,16?,17-/m0/s1. The zero-order chi connectivity index (χ0) is 20.1. The van der Waals surface area contributed by atoms with Crippen LogP contribution < -0.4 is 11.1 Å². The van der Waals surface area contributed by atoms with Gasteiger partial charge in [-0.05, 0) is 51.4 Å². The number of piperidine rings is 1. The molecule has 0 aromatic heterocycles. The molecule has 0 aromatic carbocycles. The van der Waals surface area contributed by atoms with Gasteiger partial charge >= 0.3 is 0 Å². The van der Waals surface area contributed by atoms with E-state index in [0.717, 1.165) is 51.4 Å². The van der Waals surface area contributed by atoms with Crippen LogP contribution in [0.4, 0.5) is 0 Å². The molecule has 3 rings (SSSR count). The van der Waals surface area contributed by atoms with Crippen LogP contribution in [-0.4, -0.2) is 65.8 Å². The summed E-state index contributed by atoms with van der Waals surface area (Å²) in [6.45, 7) is 2.10. The van der Waals surface area contributed by atoms with Crippen molar-refractivity contribution in [2.75, 3.05) is 26.2 Å². The van der Waals surface area contributed by atoms with E-state index in [1.54, 1.807) is 4.90 Å². The van der Waals surface area contributed by atoms with Crippen LogP contribution >= 0.6 is 0 Å². The Kier molecular flexibility index (Phi) is 6.89. The molecule has 0 aromatic rings. The van der Waals surface area contributed by atoms with Crippen LogP contribution in [0.5, 0.6) is 0 Å². The average Bonchev–Trinajstić information content (AvgIpc) is 3.21. The van der Waals surface area contributed by atoms with E-state index in [1.165, 1.54) is 0 Å². The van der Waals surface area contributed by atoms with Gasteiger partial charge in [-0.15, -0.1) is 0 Å². The van der Waals surface area contributed by atoms with Gasteiger partial charge < -0.3 is 20.9 Å². The van der Waals surface area contributed by atoms with Crippen LogP contribution in [0.15, 0.2) is 0 Å². The molecule has 8 nitrogen and oxygen atoms in total. The van der Waals surface area contributed by atoms with Gasteiger partial charge in [-0.25, -0.2) is 0 Å². The number of carbonyl (C=O) groups is 3. The van der Waals surface area contributed by atoms with Crippen LogP contribution in [-0.2, 0) is 14.4 Å². The van der Waals surface area contributed by atoms with Crippen molar-refractivity contribution in [3.05, 3.63) is 0 Å². The molecule has 2 aliphatic heterocycles. The molecule has 28 heavy (non-hydrogen) atoms. The van der Waals surface area contributed by atoms with Crippen molar-refractivity contribution in [1.29, 1.82) is 5.26 Å². The van der Waals surface area contributed by atoms with Gasteiger partial charge in [0.25, 0.3) is 0 Å². The number of hydrogen-bond acceptors (Lipinski definition) is 5. The highest BCUT2D eigenvalue weighted by Gasteiger charge is 2.34. The number of nitrogens with one attached hydrogen (secondary N) is 1. The maximum Gasteiger partial charge on any atom is 0.237 e. The third kappa shape index (κ3) is 4.82. The topological polar surface area (TPSA) is 120 Å². The molecule has 0 radical (unpaired) electrons. The summed E-state index contributed by atoms with van der Waals surface area (Å²) < 4.78 is 0. The fourth-order valence-corrected chi connectivity index (χ4v) is 4.74. The summed E-state index contributed by atoms with van der Waals surface area (Å²) in [4.78, 5) is 40.1. The molecular weight excluding hydrogens is 358 g/mol. The lowest BCUT2D eigenvalue weighted by molar-refractivity contribution is -0.140. The number of carbonyl (C=O) groups excluding carboxylic acids is 3. The highest BCUT2D eigenvalue weighted by atomic mass is 16.2. The number of likely N-dealkylation sites (tertiary alicyclic amines) is 2. The fourth-order valence-electron chi connectivity index (χ4n) is 4.74. The normalized spacial score (nSPS) is 30.7. The van der Waals surface area contributed by atoms with E-state index in [9.17, 15) is 14.4 Å². The van der Waals surface area contributed by atoms with Gasteiger partial charge in [0, 0.05) is 31.6 Å². The number of primary amides is 1. The molecule has 154 valence electrons. The molecule has 3 N–H and O–H groups in total. The zero-order valence-corrected chi connectivity index (χ0v) is 16.4. The van der Waals surface area contributed by atoms with E-state index < -0.39 is 0 Å². The van der Waals surface area contributed by atoms with Crippen LogP contribution in [0, 0.1) is 23.2 Å². The molecule has 1 saturated carbocycles. The number of rotatable bonds is 5. The highest BCUT2D eigenvalue weighted by molar-refractivity contribution is 5.81. The first kappa shape index (κ1) is 20.6. The molecule has 3 fully saturated rings. The molecule has 0 bridgehead atoms. The first-order chi connectivity index (χ1) is 13.5. The lowest BCUT2D eigenvalue weighted by Gasteiger charge is -2.36. The quantitative estimate of drug-likeness (QED) is 0.704. The van der Waals surface area contributed by atoms with Gasteiger partial charge in [0.15, 0.2) is 0 Å². The lowest BCUT2D eigenvalue weighted by Crippen LogP contribution is -2.48. The Morgan fingerprint density at radius 3 is 2.39 bits per heavy atom. The second-order valence-electron chi connectivity index (χ2n) is 8.33. The monoisotopic (exact) mass is 389 g/mol. The van der Waals surface area contributed by atoms with E-state index in [4.69, 9.17) is 11.0 Å². The first-order valence-electron chi connectivity index (χ1n) is 10.5. The Bertz CT molecular complexity index is 638. The van der Waals surface area contributed by atoms with Gasteiger partial charge in [-0.2, -0.15) is 5.26 Å². The van der Waals surface area contributed by atoms with Crippen molar-refractivity contribution in [3.8, 4) is 6.07 Å². The predicted molar refractivity (Wildman–Crippen MR) is 103 cm³/mol. The minimum Gasteiger partial charge on any atom is -0.369 e. The van der Waals surface area contributed by atoms with E-state index in [0.29, 0.717) is 19.6 Å². The SMILES string of the molecule is N#C[C@@H]1CCCN1C(=O)CNC1CCC(C(=O)N2CCC[C@H](C(N)=O)C2)CC1. The predicted octanol–water partition coefficient (Wildman–Crippen LogP) is 0.373. The van der Waals surface area contributed by atoms with Gasteiger partial charge in [0.05, 0.1) is 18.5 Å². The second-order valence-corrected chi connectivity index (χ2v) is 8.33. The summed E-state index contributed by atoms with van der Waals surface area (Å²) in [6, 6.07) is 2.15. The average molecular weight is 390 g/mol. The maximum absolute atomic E-state index is 12.8. The van der Waals surface area contributed by atoms with Crippen molar-refractivity contribution >= 4 is 17.7 Å². The van der Waals surface area contributed by atoms with Crippen LogP contribution in [0.2, 0.25) is 0 Å². The lowest BCUT2D eigenvalue weighted by atomic mass is 9.84. The smallest absolute Gasteiger partial charge is 0.237 e. The Hall–Kier alpha value is -2.14. The molecule has 1 aliphatic carbocycles. The van der Waals surface area contributed by atoms with Gasteiger partial charge in [-0.3, -0.25) is 14.4 Å². The molecule has 2 atom stereocenters. The van der Waals surface area contributed by atoms with Gasteiger partial charge in [-0.1, -0.05) is 0 Å². The van der Waals surface area contributed by atoms with E-state index in [1.807, 2.05) is 4.90 Å². The highest BCUT2D eigenvalue weighted by Crippen LogP contribution is 2.28. The number of nitrogens with two attached hydrogens (primary N) is 1. The Labute approximate surface area is 166 Å². The third-order valence-corrected chi connectivity index (χ3v) is 6.48. The number of nitriles is 1. The minimum absolute atomic E-state index is 0.00179. The molecule has 0 unspecified atom stereocenters. The number of hydrogen-bond donors (Lipinski definition) is 2. The van der Waals surface area contributed by atoms with E-state index in [-0.39, 0.29) is 48.2 Å². The summed E-state index contributed by atoms with van der Waals surface area (Å²) >= 11 is 0. The van der Waals surface area contributed by atoms with Crippen molar-refractivity contribution in [2.24, 2.45) is 17.6 Å². The molecule has 3 amide bonds. The van der Waals surface area contributed by atoms with Crippen LogP contribution in [0.3, 0.4) is 0 Å². The van der Waals surface area contributed by atoms with Gasteiger partial charge in [0.2, 0.25) is 17.7 Å². The minimum atomic E-state index is -0.313. The van der Waals surface area contributed by atoms with Crippen molar-refractivity contribution < 1.29 is 14.4 Å². The third-order valence-electron chi connectivity index (χ3n) is 6.48. The summed E-state index contributed by atoms with van der Waals surface area (Å²) in [7, 11) is 0. The first-order valence-corrected chi connectivity index (χ1v) is 10.5. The fraction of sp³-hybridized carbons (Fsp3) is 0.800. The van der Waals surface area contributed by atoms with Crippen molar-refractivity contribution in [2.45, 2.75) is 63.5 Å². The molecule has 2 heterocycles. The molecular formula is C20H31N5O3. The maximum atomic E-state index is 12.8. The van der Waals surface area contributed by atoms with Crippen LogP contribution in [0.25, 0.3) is 0 Å². The molecule has 0 spiro atoms.